The van der Waals surface area contributed by atoms with Crippen LogP contribution in [0.2, 0.25) is 0 Å². The second kappa shape index (κ2) is 6.95. The van der Waals surface area contributed by atoms with Gasteiger partial charge >= 0.3 is 0 Å². The largest absolute Gasteiger partial charge is 0.496 e. The van der Waals surface area contributed by atoms with E-state index in [1.807, 2.05) is 18.2 Å². The van der Waals surface area contributed by atoms with Crippen LogP contribution < -0.4 is 10.1 Å². The van der Waals surface area contributed by atoms with Gasteiger partial charge in [0.1, 0.15) is 11.8 Å². The zero-order valence-corrected chi connectivity index (χ0v) is 11.8. The summed E-state index contributed by atoms with van der Waals surface area (Å²) in [5.74, 6) is 0.666. The number of rotatable bonds is 4. The Hall–Kier alpha value is -2.02. The van der Waals surface area contributed by atoms with Crippen molar-refractivity contribution in [1.82, 2.24) is 5.32 Å². The number of benzene rings is 1. The number of nitriles is 1. The Labute approximate surface area is 119 Å². The molecule has 1 aliphatic rings. The molecule has 1 atom stereocenters. The fourth-order valence-electron chi connectivity index (χ4n) is 2.71. The Morgan fingerprint density at radius 3 is 2.70 bits per heavy atom. The summed E-state index contributed by atoms with van der Waals surface area (Å²) in [5.41, 5.74) is 0.710. The molecule has 1 unspecified atom stereocenters. The van der Waals surface area contributed by atoms with Gasteiger partial charge in [-0.15, -0.1) is 0 Å². The molecule has 1 aliphatic carbocycles. The van der Waals surface area contributed by atoms with Crippen molar-refractivity contribution >= 4 is 5.91 Å². The van der Waals surface area contributed by atoms with Crippen molar-refractivity contribution in [2.24, 2.45) is 5.92 Å². The highest BCUT2D eigenvalue weighted by Gasteiger charge is 2.25. The first-order valence-electron chi connectivity index (χ1n) is 7.09. The average molecular weight is 272 g/mol. The molecule has 20 heavy (non-hydrogen) atoms. The van der Waals surface area contributed by atoms with Crippen LogP contribution in [-0.4, -0.2) is 13.0 Å². The third kappa shape index (κ3) is 3.30. The number of carbonyl (C=O) groups excluding carboxylic acids is 1. The highest BCUT2D eigenvalue weighted by molar-refractivity contribution is 5.79. The smallest absolute Gasteiger partial charge is 0.224 e. The molecule has 106 valence electrons. The second-order valence-electron chi connectivity index (χ2n) is 5.15. The first-order chi connectivity index (χ1) is 9.76. The highest BCUT2D eigenvalue weighted by Crippen LogP contribution is 2.27. The molecule has 4 nitrogen and oxygen atoms in total. The molecule has 0 radical (unpaired) electrons. The van der Waals surface area contributed by atoms with E-state index >= 15 is 0 Å². The van der Waals surface area contributed by atoms with Gasteiger partial charge in [-0.25, -0.2) is 0 Å². The molecule has 1 saturated carbocycles. The molecule has 0 aromatic heterocycles. The van der Waals surface area contributed by atoms with Gasteiger partial charge < -0.3 is 10.1 Å². The molecule has 0 spiro atoms. The Kier molecular flexibility index (Phi) is 5.00. The monoisotopic (exact) mass is 272 g/mol. The van der Waals surface area contributed by atoms with Gasteiger partial charge in [-0.1, -0.05) is 37.5 Å². The molecule has 0 bridgehead atoms. The van der Waals surface area contributed by atoms with E-state index < -0.39 is 6.04 Å². The first kappa shape index (κ1) is 14.4. The van der Waals surface area contributed by atoms with Crippen LogP contribution in [0.5, 0.6) is 5.75 Å². The van der Waals surface area contributed by atoms with Crippen molar-refractivity contribution in [2.45, 2.75) is 38.1 Å². The summed E-state index contributed by atoms with van der Waals surface area (Å²) in [5, 5.41) is 12.2. The predicted molar refractivity (Wildman–Crippen MR) is 76.1 cm³/mol. The van der Waals surface area contributed by atoms with Crippen LogP contribution in [-0.2, 0) is 4.79 Å². The van der Waals surface area contributed by atoms with Crippen LogP contribution in [0.3, 0.4) is 0 Å². The number of ether oxygens (including phenoxy) is 1. The summed E-state index contributed by atoms with van der Waals surface area (Å²) in [7, 11) is 1.57. The molecule has 1 N–H and O–H groups in total. The normalized spacial score (nSPS) is 17.0. The molecule has 1 aromatic carbocycles. The minimum absolute atomic E-state index is 0.0119. The van der Waals surface area contributed by atoms with Gasteiger partial charge in [-0.2, -0.15) is 5.26 Å². The number of methoxy groups -OCH3 is 1. The Morgan fingerprint density at radius 1 is 1.35 bits per heavy atom. The summed E-state index contributed by atoms with van der Waals surface area (Å²) in [6.45, 7) is 0. The fraction of sp³-hybridized carbons (Fsp3) is 0.500. The van der Waals surface area contributed by atoms with Crippen LogP contribution in [0.4, 0.5) is 0 Å². The van der Waals surface area contributed by atoms with Crippen LogP contribution in [0.1, 0.15) is 43.7 Å². The van der Waals surface area contributed by atoms with E-state index in [1.54, 1.807) is 13.2 Å². The van der Waals surface area contributed by atoms with Gasteiger partial charge in [0.05, 0.1) is 13.2 Å². The van der Waals surface area contributed by atoms with Crippen LogP contribution in [0.15, 0.2) is 24.3 Å². The molecule has 4 heteroatoms. The molecule has 2 rings (SSSR count). The molecule has 1 amide bonds. The number of nitrogens with zero attached hydrogens (tertiary/aromatic N) is 1. The summed E-state index contributed by atoms with van der Waals surface area (Å²) in [6.07, 6.45) is 5.26. The molecule has 1 fully saturated rings. The topological polar surface area (TPSA) is 62.1 Å². The first-order valence-corrected chi connectivity index (χ1v) is 7.09. The van der Waals surface area contributed by atoms with E-state index in [1.165, 1.54) is 6.42 Å². The Bertz CT molecular complexity index is 501. The Morgan fingerprint density at radius 2 is 2.05 bits per heavy atom. The van der Waals surface area contributed by atoms with Gasteiger partial charge in [-0.05, 0) is 18.9 Å². The van der Waals surface area contributed by atoms with Crippen LogP contribution in [0.25, 0.3) is 0 Å². The van der Waals surface area contributed by atoms with Crippen molar-refractivity contribution in [3.8, 4) is 11.8 Å². The maximum absolute atomic E-state index is 12.2. The van der Waals surface area contributed by atoms with E-state index in [0.717, 1.165) is 25.7 Å². The lowest BCUT2D eigenvalue weighted by Crippen LogP contribution is -2.34. The molecule has 0 heterocycles. The summed E-state index contributed by atoms with van der Waals surface area (Å²) in [4.78, 5) is 12.2. The van der Waals surface area contributed by atoms with Crippen molar-refractivity contribution < 1.29 is 9.53 Å². The third-order valence-corrected chi connectivity index (χ3v) is 3.84. The maximum atomic E-state index is 12.2. The number of hydrogen-bond donors (Lipinski definition) is 1. The van der Waals surface area contributed by atoms with E-state index in [4.69, 9.17) is 4.74 Å². The zero-order chi connectivity index (χ0) is 14.4. The number of carbonyl (C=O) groups is 1. The molecular weight excluding hydrogens is 252 g/mol. The SMILES string of the molecule is COc1ccccc1C(C#N)NC(=O)C1CCCCC1. The zero-order valence-electron chi connectivity index (χ0n) is 11.8. The van der Waals surface area contributed by atoms with Crippen molar-refractivity contribution in [2.75, 3.05) is 7.11 Å². The highest BCUT2D eigenvalue weighted by atomic mass is 16.5. The van der Waals surface area contributed by atoms with Gasteiger partial charge in [0, 0.05) is 11.5 Å². The van der Waals surface area contributed by atoms with Crippen molar-refractivity contribution in [3.63, 3.8) is 0 Å². The minimum Gasteiger partial charge on any atom is -0.496 e. The molecular formula is C16H20N2O2. The minimum atomic E-state index is -0.652. The summed E-state index contributed by atoms with van der Waals surface area (Å²) < 4.78 is 5.25. The number of amides is 1. The lowest BCUT2D eigenvalue weighted by atomic mass is 9.88. The van der Waals surface area contributed by atoms with Gasteiger partial charge in [0.25, 0.3) is 0 Å². The fourth-order valence-corrected chi connectivity index (χ4v) is 2.71. The van der Waals surface area contributed by atoms with Crippen LogP contribution in [0, 0.1) is 17.2 Å². The molecule has 0 saturated heterocycles. The van der Waals surface area contributed by atoms with E-state index in [0.29, 0.717) is 11.3 Å². The summed E-state index contributed by atoms with van der Waals surface area (Å²) >= 11 is 0. The number of nitrogens with one attached hydrogen (secondary N) is 1. The second-order valence-corrected chi connectivity index (χ2v) is 5.15. The quantitative estimate of drug-likeness (QED) is 0.916. The number of hydrogen-bond acceptors (Lipinski definition) is 3. The lowest BCUT2D eigenvalue weighted by molar-refractivity contribution is -0.126. The lowest BCUT2D eigenvalue weighted by Gasteiger charge is -2.23. The van der Waals surface area contributed by atoms with E-state index in [9.17, 15) is 10.1 Å². The van der Waals surface area contributed by atoms with Crippen LogP contribution >= 0.6 is 0 Å². The third-order valence-electron chi connectivity index (χ3n) is 3.84. The van der Waals surface area contributed by atoms with E-state index in [2.05, 4.69) is 11.4 Å². The maximum Gasteiger partial charge on any atom is 0.224 e. The van der Waals surface area contributed by atoms with Gasteiger partial charge in [0.2, 0.25) is 5.91 Å². The van der Waals surface area contributed by atoms with Crippen molar-refractivity contribution in [3.05, 3.63) is 29.8 Å². The number of para-hydroxylation sites is 1. The molecule has 0 aliphatic heterocycles. The van der Waals surface area contributed by atoms with Crippen molar-refractivity contribution in [1.29, 1.82) is 5.26 Å². The molecule has 1 aromatic rings. The standard InChI is InChI=1S/C16H20N2O2/c1-20-15-10-6-5-9-13(15)14(11-17)18-16(19)12-7-3-2-4-8-12/h5-6,9-10,12,14H,2-4,7-8H2,1H3,(H,18,19). The van der Waals surface area contributed by atoms with Gasteiger partial charge in [0.15, 0.2) is 0 Å². The van der Waals surface area contributed by atoms with Gasteiger partial charge in [-0.3, -0.25) is 4.79 Å². The average Bonchev–Trinajstić information content (AvgIpc) is 2.53. The Balaban J connectivity index is 2.09. The predicted octanol–water partition coefficient (Wildman–Crippen LogP) is 2.96. The summed E-state index contributed by atoms with van der Waals surface area (Å²) in [6, 6.07) is 8.80. The van der Waals surface area contributed by atoms with E-state index in [-0.39, 0.29) is 11.8 Å².